The van der Waals surface area contributed by atoms with E-state index in [0.717, 1.165) is 36.4 Å². The summed E-state index contributed by atoms with van der Waals surface area (Å²) < 4.78 is 0.991. The van der Waals surface area contributed by atoms with Gasteiger partial charge in [-0.25, -0.2) is 4.98 Å². The van der Waals surface area contributed by atoms with E-state index in [2.05, 4.69) is 27.1 Å². The first kappa shape index (κ1) is 17.8. The van der Waals surface area contributed by atoms with Gasteiger partial charge in [0.05, 0.1) is 16.1 Å². The normalized spacial score (nSPS) is 17.5. The molecule has 0 radical (unpaired) electrons. The molecule has 1 unspecified atom stereocenters. The van der Waals surface area contributed by atoms with Gasteiger partial charge in [0.25, 0.3) is 0 Å². The van der Waals surface area contributed by atoms with Crippen LogP contribution in [0.1, 0.15) is 6.42 Å². The second-order valence-electron chi connectivity index (χ2n) is 6.38. The number of aromatic nitrogens is 1. The van der Waals surface area contributed by atoms with E-state index >= 15 is 0 Å². The number of likely N-dealkylation sites (N-methyl/N-ethyl adjacent to an activating group) is 1. The average Bonchev–Trinajstić information content (AvgIpc) is 2.98. The fourth-order valence-corrected chi connectivity index (χ4v) is 3.77. The molecule has 0 aliphatic carbocycles. The molecule has 1 aromatic carbocycles. The smallest absolute Gasteiger partial charge is 0.308 e. The summed E-state index contributed by atoms with van der Waals surface area (Å²) in [5.74, 6) is -1.95. The standard InChI is InChI=1S/C17H22N4O3S/c1-20-6-8-21(9-7-20)11-12(16(23)24)10-15(22)19-17-18-13-4-2-3-5-14(13)25-17/h2-5,12H,6-11H2,1H3,(H,23,24)(H,18,19,22). The van der Waals surface area contributed by atoms with Crippen LogP contribution in [0, 0.1) is 5.92 Å². The zero-order valence-corrected chi connectivity index (χ0v) is 15.0. The molecule has 3 rings (SSSR count). The Morgan fingerprint density at radius 1 is 1.28 bits per heavy atom. The Bertz CT molecular complexity index is 722. The number of hydrogen-bond acceptors (Lipinski definition) is 6. The van der Waals surface area contributed by atoms with Crippen LogP contribution in [0.25, 0.3) is 10.2 Å². The molecule has 1 saturated heterocycles. The first-order valence-electron chi connectivity index (χ1n) is 8.30. The van der Waals surface area contributed by atoms with E-state index in [0.29, 0.717) is 11.7 Å². The summed E-state index contributed by atoms with van der Waals surface area (Å²) >= 11 is 1.39. The van der Waals surface area contributed by atoms with Crippen LogP contribution >= 0.6 is 11.3 Å². The molecule has 1 fully saturated rings. The summed E-state index contributed by atoms with van der Waals surface area (Å²) in [7, 11) is 2.05. The highest BCUT2D eigenvalue weighted by Gasteiger charge is 2.26. The molecule has 1 aliphatic heterocycles. The summed E-state index contributed by atoms with van der Waals surface area (Å²) in [6, 6.07) is 7.64. The fourth-order valence-electron chi connectivity index (χ4n) is 2.89. The van der Waals surface area contributed by atoms with Crippen molar-refractivity contribution in [3.05, 3.63) is 24.3 Å². The predicted molar refractivity (Wildman–Crippen MR) is 97.9 cm³/mol. The largest absolute Gasteiger partial charge is 0.481 e. The SMILES string of the molecule is CN1CCN(CC(CC(=O)Nc2nc3ccccc3s2)C(=O)O)CC1. The number of piperazine rings is 1. The number of nitrogens with zero attached hydrogens (tertiary/aromatic N) is 3. The molecule has 7 nitrogen and oxygen atoms in total. The summed E-state index contributed by atoms with van der Waals surface area (Å²) in [5, 5.41) is 12.7. The van der Waals surface area contributed by atoms with Crippen molar-refractivity contribution in [3.63, 3.8) is 0 Å². The minimum Gasteiger partial charge on any atom is -0.481 e. The third-order valence-electron chi connectivity index (χ3n) is 4.40. The number of para-hydroxylation sites is 1. The number of carbonyl (C=O) groups excluding carboxylic acids is 1. The number of thiazole rings is 1. The second kappa shape index (κ2) is 7.90. The molecule has 0 bridgehead atoms. The molecule has 134 valence electrons. The third-order valence-corrected chi connectivity index (χ3v) is 5.35. The van der Waals surface area contributed by atoms with E-state index < -0.39 is 11.9 Å². The van der Waals surface area contributed by atoms with Gasteiger partial charge in [0.15, 0.2) is 5.13 Å². The lowest BCUT2D eigenvalue weighted by atomic mass is 10.0. The Balaban J connectivity index is 1.57. The molecule has 1 atom stereocenters. The molecule has 1 aliphatic rings. The lowest BCUT2D eigenvalue weighted by molar-refractivity contribution is -0.144. The first-order valence-corrected chi connectivity index (χ1v) is 9.12. The maximum absolute atomic E-state index is 12.3. The van der Waals surface area contributed by atoms with Crippen LogP contribution in [0.15, 0.2) is 24.3 Å². The van der Waals surface area contributed by atoms with Crippen molar-refractivity contribution in [2.75, 3.05) is 45.1 Å². The molecule has 8 heteroatoms. The second-order valence-corrected chi connectivity index (χ2v) is 7.41. The molecule has 2 heterocycles. The Morgan fingerprint density at radius 2 is 2.00 bits per heavy atom. The third kappa shape index (κ3) is 4.75. The number of anilines is 1. The molecule has 2 N–H and O–H groups in total. The van der Waals surface area contributed by atoms with Crippen molar-refractivity contribution >= 4 is 38.6 Å². The summed E-state index contributed by atoms with van der Waals surface area (Å²) in [5.41, 5.74) is 0.829. The van der Waals surface area contributed by atoms with E-state index in [9.17, 15) is 14.7 Å². The van der Waals surface area contributed by atoms with Gasteiger partial charge in [0.1, 0.15) is 0 Å². The summed E-state index contributed by atoms with van der Waals surface area (Å²) in [6.07, 6.45) is -0.0440. The van der Waals surface area contributed by atoms with Crippen molar-refractivity contribution in [1.29, 1.82) is 0 Å². The van der Waals surface area contributed by atoms with Crippen molar-refractivity contribution in [3.8, 4) is 0 Å². The topological polar surface area (TPSA) is 85.8 Å². The zero-order chi connectivity index (χ0) is 17.8. The fraction of sp³-hybridized carbons (Fsp3) is 0.471. The molecule has 1 amide bonds. The van der Waals surface area contributed by atoms with Crippen LogP contribution in [0.4, 0.5) is 5.13 Å². The van der Waals surface area contributed by atoms with Gasteiger partial charge in [-0.2, -0.15) is 0 Å². The van der Waals surface area contributed by atoms with E-state index in [1.807, 2.05) is 24.3 Å². The van der Waals surface area contributed by atoms with Crippen LogP contribution < -0.4 is 5.32 Å². The van der Waals surface area contributed by atoms with Crippen LogP contribution in [0.5, 0.6) is 0 Å². The lowest BCUT2D eigenvalue weighted by Crippen LogP contribution is -2.47. The van der Waals surface area contributed by atoms with Crippen LogP contribution in [-0.2, 0) is 9.59 Å². The Labute approximate surface area is 150 Å². The Kier molecular flexibility index (Phi) is 5.62. The number of carboxylic acids is 1. The van der Waals surface area contributed by atoms with Crippen LogP contribution in [0.3, 0.4) is 0 Å². The van der Waals surface area contributed by atoms with Crippen LogP contribution in [0.2, 0.25) is 0 Å². The number of carboxylic acid groups (broad SMARTS) is 1. The average molecular weight is 362 g/mol. The quantitative estimate of drug-likeness (QED) is 0.811. The van der Waals surface area contributed by atoms with E-state index in [-0.39, 0.29) is 12.3 Å². The van der Waals surface area contributed by atoms with E-state index in [1.165, 1.54) is 11.3 Å². The minimum absolute atomic E-state index is 0.0440. The number of rotatable bonds is 6. The van der Waals surface area contributed by atoms with Crippen molar-refractivity contribution in [2.45, 2.75) is 6.42 Å². The Morgan fingerprint density at radius 3 is 2.68 bits per heavy atom. The molecule has 2 aromatic rings. The van der Waals surface area contributed by atoms with Crippen molar-refractivity contribution in [1.82, 2.24) is 14.8 Å². The molecule has 0 saturated carbocycles. The highest BCUT2D eigenvalue weighted by atomic mass is 32.1. The van der Waals surface area contributed by atoms with Crippen LogP contribution in [-0.4, -0.2) is 71.5 Å². The van der Waals surface area contributed by atoms with Gasteiger partial charge in [0, 0.05) is 39.1 Å². The van der Waals surface area contributed by atoms with Gasteiger partial charge in [-0.1, -0.05) is 23.5 Å². The molecule has 0 spiro atoms. The maximum atomic E-state index is 12.3. The summed E-state index contributed by atoms with van der Waals surface area (Å²) in [4.78, 5) is 32.5. The van der Waals surface area contributed by atoms with Gasteiger partial charge in [-0.05, 0) is 19.2 Å². The highest BCUT2D eigenvalue weighted by Crippen LogP contribution is 2.25. The number of fused-ring (bicyclic) bond motifs is 1. The zero-order valence-electron chi connectivity index (χ0n) is 14.1. The molecular formula is C17H22N4O3S. The number of amides is 1. The van der Waals surface area contributed by atoms with Gasteiger partial charge < -0.3 is 15.3 Å². The Hall–Kier alpha value is -2.03. The summed E-state index contributed by atoms with van der Waals surface area (Å²) in [6.45, 7) is 3.91. The van der Waals surface area contributed by atoms with Crippen molar-refractivity contribution in [2.24, 2.45) is 5.92 Å². The highest BCUT2D eigenvalue weighted by molar-refractivity contribution is 7.22. The van der Waals surface area contributed by atoms with Crippen molar-refractivity contribution < 1.29 is 14.7 Å². The number of hydrogen-bond donors (Lipinski definition) is 2. The number of carbonyl (C=O) groups is 2. The predicted octanol–water partition coefficient (Wildman–Crippen LogP) is 1.57. The maximum Gasteiger partial charge on any atom is 0.308 e. The molecule has 25 heavy (non-hydrogen) atoms. The lowest BCUT2D eigenvalue weighted by Gasteiger charge is -2.33. The molecule has 1 aromatic heterocycles. The number of aliphatic carboxylic acids is 1. The van der Waals surface area contributed by atoms with E-state index in [4.69, 9.17) is 0 Å². The van der Waals surface area contributed by atoms with Gasteiger partial charge in [0.2, 0.25) is 5.91 Å². The van der Waals surface area contributed by atoms with Gasteiger partial charge >= 0.3 is 5.97 Å². The monoisotopic (exact) mass is 362 g/mol. The minimum atomic E-state index is -0.932. The first-order chi connectivity index (χ1) is 12.0. The van der Waals surface area contributed by atoms with Gasteiger partial charge in [-0.15, -0.1) is 0 Å². The number of benzene rings is 1. The molecular weight excluding hydrogens is 340 g/mol. The van der Waals surface area contributed by atoms with Gasteiger partial charge in [-0.3, -0.25) is 14.5 Å². The van der Waals surface area contributed by atoms with E-state index in [1.54, 1.807) is 0 Å². The number of nitrogens with one attached hydrogen (secondary N) is 1.